The number of dihydropyridines is 1. The van der Waals surface area contributed by atoms with Gasteiger partial charge >= 0.3 is 17.9 Å². The average Bonchev–Trinajstić information content (AvgIpc) is 3.13. The highest BCUT2D eigenvalue weighted by Crippen LogP contribution is 2.48. The number of esters is 3. The molecule has 2 heterocycles. The van der Waals surface area contributed by atoms with Gasteiger partial charge in [0.2, 0.25) is 0 Å². The Labute approximate surface area is 315 Å². The summed E-state index contributed by atoms with van der Waals surface area (Å²) in [7, 11) is 2.71. The summed E-state index contributed by atoms with van der Waals surface area (Å²) in [5, 5.41) is 14.7. The summed E-state index contributed by atoms with van der Waals surface area (Å²) < 4.78 is 36.4. The van der Waals surface area contributed by atoms with Crippen molar-refractivity contribution in [3.8, 4) is 0 Å². The third-order valence-corrected chi connectivity index (χ3v) is 10.8. The second-order valence-electron chi connectivity index (χ2n) is 14.6. The number of ether oxygens (including phenoxy) is 4. The topological polar surface area (TPSA) is 150 Å². The number of allylic oxidation sites excluding steroid dienone is 2. The van der Waals surface area contributed by atoms with Crippen LogP contribution in [0.1, 0.15) is 69.1 Å². The number of aryl methyl sites for hydroxylation is 1. The van der Waals surface area contributed by atoms with E-state index < -0.39 is 34.4 Å². The molecule has 3 aliphatic rings. The van der Waals surface area contributed by atoms with Crippen molar-refractivity contribution >= 4 is 23.6 Å². The fraction of sp³-hybridized carbons (Fsp3) is 0.525. The van der Waals surface area contributed by atoms with Crippen LogP contribution in [0.2, 0.25) is 0 Å². The number of nitro groups is 1. The number of piperazine rings is 1. The van der Waals surface area contributed by atoms with E-state index in [-0.39, 0.29) is 47.7 Å². The summed E-state index contributed by atoms with van der Waals surface area (Å²) in [5.41, 5.74) is 2.78. The third-order valence-electron chi connectivity index (χ3n) is 10.8. The molecule has 0 spiro atoms. The Kier molecular flexibility index (Phi) is 13.2. The molecule has 2 unspecified atom stereocenters. The minimum atomic E-state index is -0.930. The van der Waals surface area contributed by atoms with Gasteiger partial charge in [0.05, 0.1) is 29.1 Å². The molecule has 2 aliphatic heterocycles. The predicted molar refractivity (Wildman–Crippen MR) is 198 cm³/mol. The number of nitro benzene ring substituents is 1. The van der Waals surface area contributed by atoms with Crippen LogP contribution in [0.25, 0.3) is 0 Å². The zero-order chi connectivity index (χ0) is 39.2. The van der Waals surface area contributed by atoms with E-state index in [0.29, 0.717) is 49.3 Å². The first-order valence-corrected chi connectivity index (χ1v) is 18.4. The van der Waals surface area contributed by atoms with Crippen LogP contribution in [-0.4, -0.2) is 105 Å². The van der Waals surface area contributed by atoms with E-state index in [1.807, 2.05) is 6.07 Å². The first kappa shape index (κ1) is 40.5. The number of nitrogens with one attached hydrogen (secondary N) is 1. The number of hydrogen-bond acceptors (Lipinski definition) is 12. The van der Waals surface area contributed by atoms with Crippen molar-refractivity contribution in [3.05, 3.63) is 97.6 Å². The van der Waals surface area contributed by atoms with Gasteiger partial charge in [-0.2, -0.15) is 0 Å². The van der Waals surface area contributed by atoms with Crippen LogP contribution in [0.15, 0.2) is 65.0 Å². The maximum atomic E-state index is 14.2. The second kappa shape index (κ2) is 17.7. The lowest BCUT2D eigenvalue weighted by Gasteiger charge is -2.47. The van der Waals surface area contributed by atoms with Crippen LogP contribution < -0.4 is 5.32 Å². The van der Waals surface area contributed by atoms with Crippen LogP contribution in [0.3, 0.4) is 0 Å². The lowest BCUT2D eigenvalue weighted by Crippen LogP contribution is -2.52. The molecule has 292 valence electrons. The van der Waals surface area contributed by atoms with E-state index >= 15 is 0 Å². The smallest absolute Gasteiger partial charge is 0.336 e. The van der Waals surface area contributed by atoms with Crippen LogP contribution >= 0.6 is 0 Å². The predicted octanol–water partition coefficient (Wildman–Crippen LogP) is 5.01. The largest absolute Gasteiger partial charge is 0.466 e. The molecule has 54 heavy (non-hydrogen) atoms. The van der Waals surface area contributed by atoms with E-state index in [0.717, 1.165) is 37.3 Å². The van der Waals surface area contributed by atoms with Crippen LogP contribution in [0.4, 0.5) is 10.1 Å². The number of carbonyl (C=O) groups is 3. The number of fused-ring (bicyclic) bond motifs is 1. The zero-order valence-corrected chi connectivity index (χ0v) is 31.9. The molecule has 5 rings (SSSR count). The van der Waals surface area contributed by atoms with Crippen molar-refractivity contribution in [2.45, 2.75) is 64.4 Å². The van der Waals surface area contributed by atoms with Gasteiger partial charge in [-0.1, -0.05) is 32.0 Å². The molecule has 1 fully saturated rings. The Morgan fingerprint density at radius 3 is 2.28 bits per heavy atom. The Balaban J connectivity index is 1.21. The number of hydrogen-bond donors (Lipinski definition) is 1. The normalized spacial score (nSPS) is 22.1. The van der Waals surface area contributed by atoms with Crippen LogP contribution in [0, 0.1) is 21.8 Å². The lowest BCUT2D eigenvalue weighted by atomic mass is 9.65. The minimum Gasteiger partial charge on any atom is -0.466 e. The number of nitrogens with zero attached hydrogens (tertiary/aromatic N) is 3. The molecule has 0 bridgehead atoms. The van der Waals surface area contributed by atoms with Crippen LogP contribution in [0.5, 0.6) is 0 Å². The summed E-state index contributed by atoms with van der Waals surface area (Å²) in [6.07, 6.45) is 1.83. The molecule has 1 aliphatic carbocycles. The first-order valence-electron chi connectivity index (χ1n) is 18.4. The maximum absolute atomic E-state index is 14.2. The summed E-state index contributed by atoms with van der Waals surface area (Å²) in [5.74, 6) is -2.86. The van der Waals surface area contributed by atoms with E-state index in [2.05, 4.69) is 29.0 Å². The molecular formula is C40H51FN4O9. The minimum absolute atomic E-state index is 0.0994. The molecular weight excluding hydrogens is 699 g/mol. The van der Waals surface area contributed by atoms with Gasteiger partial charge in [-0.3, -0.25) is 15.0 Å². The Bertz CT molecular complexity index is 1800. The molecule has 1 saturated heterocycles. The van der Waals surface area contributed by atoms with Crippen molar-refractivity contribution in [1.29, 1.82) is 0 Å². The number of halogens is 1. The van der Waals surface area contributed by atoms with Gasteiger partial charge in [-0.25, -0.2) is 18.8 Å². The maximum Gasteiger partial charge on any atom is 0.336 e. The standard InChI is InChI=1S/C40H51FN4O9/c1-25(2)37-32-11-10-30(41)22-28(32)12-13-40(37,54-33(46)24-51-5)14-15-43-16-18-44(19-17-43)20-21-53-39(48)35-27(4)42-26(3)34(38(47)52-6)36(35)29-8-7-9-31(23-29)45(49)50/h7-11,22-23,25,36-37,42H,12-21,24H2,1-6H3/t36?,37?,40-/m0/s1. The van der Waals surface area contributed by atoms with E-state index in [1.165, 1.54) is 38.5 Å². The molecule has 14 heteroatoms. The van der Waals surface area contributed by atoms with Gasteiger partial charge in [0.25, 0.3) is 5.69 Å². The molecule has 0 aromatic heterocycles. The summed E-state index contributed by atoms with van der Waals surface area (Å²) in [6, 6.07) is 10.8. The highest BCUT2D eigenvalue weighted by molar-refractivity contribution is 5.99. The Morgan fingerprint density at radius 2 is 1.65 bits per heavy atom. The monoisotopic (exact) mass is 750 g/mol. The van der Waals surface area contributed by atoms with Crippen molar-refractivity contribution in [3.63, 3.8) is 0 Å². The summed E-state index contributed by atoms with van der Waals surface area (Å²) in [6.45, 7) is 11.8. The highest BCUT2D eigenvalue weighted by Gasteiger charge is 2.48. The molecule has 3 atom stereocenters. The van der Waals surface area contributed by atoms with Gasteiger partial charge in [0, 0.05) is 82.2 Å². The Morgan fingerprint density at radius 1 is 0.981 bits per heavy atom. The molecule has 2 aromatic rings. The van der Waals surface area contributed by atoms with Crippen molar-refractivity contribution < 1.29 is 42.6 Å². The van der Waals surface area contributed by atoms with Gasteiger partial charge < -0.3 is 29.2 Å². The quantitative estimate of drug-likeness (QED) is 0.120. The fourth-order valence-corrected chi connectivity index (χ4v) is 8.39. The van der Waals surface area contributed by atoms with E-state index in [9.17, 15) is 28.9 Å². The van der Waals surface area contributed by atoms with Gasteiger partial charge in [0.15, 0.2) is 0 Å². The van der Waals surface area contributed by atoms with Gasteiger partial charge in [-0.15, -0.1) is 0 Å². The molecule has 0 saturated carbocycles. The summed E-state index contributed by atoms with van der Waals surface area (Å²) in [4.78, 5) is 55.2. The van der Waals surface area contributed by atoms with E-state index in [4.69, 9.17) is 18.9 Å². The zero-order valence-electron chi connectivity index (χ0n) is 31.9. The highest BCUT2D eigenvalue weighted by atomic mass is 19.1. The van der Waals surface area contributed by atoms with Gasteiger partial charge in [-0.05, 0) is 61.4 Å². The first-order chi connectivity index (χ1) is 25.8. The van der Waals surface area contributed by atoms with E-state index in [1.54, 1.807) is 26.0 Å². The fourth-order valence-electron chi connectivity index (χ4n) is 8.39. The van der Waals surface area contributed by atoms with Crippen LogP contribution in [-0.2, 0) is 39.8 Å². The summed E-state index contributed by atoms with van der Waals surface area (Å²) >= 11 is 0. The number of rotatable bonds is 14. The number of benzene rings is 2. The third kappa shape index (κ3) is 8.99. The lowest BCUT2D eigenvalue weighted by molar-refractivity contribution is -0.384. The number of non-ortho nitro benzene ring substituents is 1. The molecule has 2 aromatic carbocycles. The Hall–Kier alpha value is -4.66. The molecule has 0 radical (unpaired) electrons. The van der Waals surface area contributed by atoms with Crippen molar-refractivity contribution in [2.24, 2.45) is 5.92 Å². The average molecular weight is 751 g/mol. The van der Waals surface area contributed by atoms with Crippen molar-refractivity contribution in [2.75, 3.05) is 66.7 Å². The SMILES string of the molecule is COCC(=O)O[C@]1(CCN2CCN(CCOC(=O)C3=C(C)NC(C)=C(C(=O)OC)C3c3cccc([N+](=O)[O-])c3)CC2)CCc2cc(F)ccc2C1C(C)C. The second-order valence-corrected chi connectivity index (χ2v) is 14.6. The molecule has 13 nitrogen and oxygen atoms in total. The molecule has 0 amide bonds. The number of carbonyl (C=O) groups excluding carboxylic acids is 3. The van der Waals surface area contributed by atoms with Crippen molar-refractivity contribution in [1.82, 2.24) is 15.1 Å². The van der Waals surface area contributed by atoms with Gasteiger partial charge in [0.1, 0.15) is 24.6 Å². The number of methoxy groups -OCH3 is 2. The molecule has 1 N–H and O–H groups in total.